The fourth-order valence-electron chi connectivity index (χ4n) is 1.23. The highest BCUT2D eigenvalue weighted by Crippen LogP contribution is 2.26. The van der Waals surface area contributed by atoms with Gasteiger partial charge in [-0.3, -0.25) is 5.41 Å². The Bertz CT molecular complexity index is 579. The summed E-state index contributed by atoms with van der Waals surface area (Å²) >= 11 is 2.67. The van der Waals surface area contributed by atoms with Gasteiger partial charge in [0.1, 0.15) is 17.4 Å². The van der Waals surface area contributed by atoms with Gasteiger partial charge in [-0.2, -0.15) is 4.37 Å². The highest BCUT2D eigenvalue weighted by atomic mass is 32.2. The lowest BCUT2D eigenvalue weighted by molar-refractivity contribution is 0.916. The van der Waals surface area contributed by atoms with E-state index in [1.807, 2.05) is 13.8 Å². The third-order valence-corrected chi connectivity index (χ3v) is 3.71. The van der Waals surface area contributed by atoms with E-state index in [0.29, 0.717) is 10.9 Å². The molecule has 2 rings (SSSR count). The average molecular weight is 280 g/mol. The van der Waals surface area contributed by atoms with Crippen molar-refractivity contribution in [3.63, 3.8) is 0 Å². The van der Waals surface area contributed by atoms with Crippen LogP contribution in [0.3, 0.4) is 0 Å². The van der Waals surface area contributed by atoms with Gasteiger partial charge in [-0.15, -0.1) is 0 Å². The van der Waals surface area contributed by atoms with Crippen LogP contribution in [0.5, 0.6) is 0 Å². The molecule has 6 nitrogen and oxygen atoms in total. The summed E-state index contributed by atoms with van der Waals surface area (Å²) in [6, 6.07) is 1.68. The standard InChI is InChI=1S/C10H12N6S2/c1-3-7-15-10(18-16-7)17-9-13-5(2)4-6(14-9)8(11)12/h4H,3H2,1-2H3,(H3,11,12). The number of rotatable bonds is 4. The van der Waals surface area contributed by atoms with Crippen LogP contribution in [0.15, 0.2) is 15.6 Å². The van der Waals surface area contributed by atoms with Crippen LogP contribution >= 0.6 is 23.3 Å². The van der Waals surface area contributed by atoms with E-state index in [1.54, 1.807) is 6.07 Å². The Morgan fingerprint density at radius 1 is 1.44 bits per heavy atom. The summed E-state index contributed by atoms with van der Waals surface area (Å²) in [5, 5.41) is 7.94. The first-order chi connectivity index (χ1) is 8.58. The lowest BCUT2D eigenvalue weighted by atomic mass is 10.3. The van der Waals surface area contributed by atoms with E-state index < -0.39 is 0 Å². The fraction of sp³-hybridized carbons (Fsp3) is 0.300. The summed E-state index contributed by atoms with van der Waals surface area (Å²) in [6.07, 6.45) is 0.810. The first kappa shape index (κ1) is 12.9. The van der Waals surface area contributed by atoms with Gasteiger partial charge in [0, 0.05) is 12.1 Å². The molecule has 0 amide bonds. The summed E-state index contributed by atoms with van der Waals surface area (Å²) in [6.45, 7) is 3.85. The van der Waals surface area contributed by atoms with E-state index in [4.69, 9.17) is 11.1 Å². The van der Waals surface area contributed by atoms with Crippen LogP contribution in [0.1, 0.15) is 24.1 Å². The van der Waals surface area contributed by atoms with Gasteiger partial charge >= 0.3 is 0 Å². The molecular formula is C10H12N6S2. The largest absolute Gasteiger partial charge is 0.382 e. The monoisotopic (exact) mass is 280 g/mol. The molecule has 0 aromatic carbocycles. The van der Waals surface area contributed by atoms with E-state index in [9.17, 15) is 0 Å². The molecule has 0 unspecified atom stereocenters. The second kappa shape index (κ2) is 5.40. The van der Waals surface area contributed by atoms with Gasteiger partial charge in [0.15, 0.2) is 9.50 Å². The van der Waals surface area contributed by atoms with Crippen LogP contribution in [-0.4, -0.2) is 25.2 Å². The number of aryl methyl sites for hydroxylation is 2. The zero-order valence-electron chi connectivity index (χ0n) is 9.97. The third-order valence-electron chi connectivity index (χ3n) is 2.05. The fourth-order valence-corrected chi connectivity index (χ4v) is 2.85. The molecule has 8 heteroatoms. The summed E-state index contributed by atoms with van der Waals surface area (Å²) < 4.78 is 5.00. The summed E-state index contributed by atoms with van der Waals surface area (Å²) in [5.41, 5.74) is 6.64. The first-order valence-corrected chi connectivity index (χ1v) is 6.88. The molecular weight excluding hydrogens is 268 g/mol. The number of nitrogens with zero attached hydrogens (tertiary/aromatic N) is 4. The Morgan fingerprint density at radius 2 is 2.22 bits per heavy atom. The maximum atomic E-state index is 7.40. The topological polar surface area (TPSA) is 101 Å². The van der Waals surface area contributed by atoms with Crippen LogP contribution in [0, 0.1) is 12.3 Å². The summed E-state index contributed by atoms with van der Waals surface area (Å²) in [4.78, 5) is 12.8. The minimum absolute atomic E-state index is 0.0612. The molecule has 2 aromatic heterocycles. The van der Waals surface area contributed by atoms with E-state index in [-0.39, 0.29) is 5.84 Å². The normalized spacial score (nSPS) is 10.6. The van der Waals surface area contributed by atoms with Gasteiger partial charge in [0.2, 0.25) is 0 Å². The Morgan fingerprint density at radius 3 is 2.83 bits per heavy atom. The van der Waals surface area contributed by atoms with Crippen molar-refractivity contribution in [3.8, 4) is 0 Å². The smallest absolute Gasteiger partial charge is 0.195 e. The zero-order chi connectivity index (χ0) is 13.1. The minimum atomic E-state index is -0.0612. The molecule has 0 spiro atoms. The second-order valence-corrected chi connectivity index (χ2v) is 5.49. The molecule has 0 aliphatic heterocycles. The molecule has 94 valence electrons. The summed E-state index contributed by atoms with van der Waals surface area (Å²) in [5.74, 6) is 0.760. The molecule has 0 fully saturated rings. The van der Waals surface area contributed by atoms with Gasteiger partial charge in [-0.05, 0) is 36.3 Å². The maximum Gasteiger partial charge on any atom is 0.195 e. The van der Waals surface area contributed by atoms with Crippen molar-refractivity contribution < 1.29 is 0 Å². The molecule has 3 N–H and O–H groups in total. The average Bonchev–Trinajstić information content (AvgIpc) is 2.76. The number of nitrogens with one attached hydrogen (secondary N) is 1. The second-order valence-electron chi connectivity index (χ2n) is 3.52. The summed E-state index contributed by atoms with van der Waals surface area (Å²) in [7, 11) is 0. The molecule has 0 atom stereocenters. The van der Waals surface area contributed by atoms with Crippen LogP contribution in [0.25, 0.3) is 0 Å². The SMILES string of the molecule is CCc1nsc(Sc2nc(C)cc(C(=N)N)n2)n1. The van der Waals surface area contributed by atoms with Crippen molar-refractivity contribution in [1.82, 2.24) is 19.3 Å². The number of aromatic nitrogens is 4. The van der Waals surface area contributed by atoms with Crippen LogP contribution in [-0.2, 0) is 6.42 Å². The maximum absolute atomic E-state index is 7.40. The van der Waals surface area contributed by atoms with Gasteiger partial charge in [0.25, 0.3) is 0 Å². The molecule has 18 heavy (non-hydrogen) atoms. The molecule has 2 aromatic rings. The third kappa shape index (κ3) is 3.02. The van der Waals surface area contributed by atoms with Crippen LogP contribution in [0.2, 0.25) is 0 Å². The van der Waals surface area contributed by atoms with Crippen molar-refractivity contribution in [2.24, 2.45) is 5.73 Å². The van der Waals surface area contributed by atoms with E-state index in [0.717, 1.165) is 22.3 Å². The number of hydrogen-bond donors (Lipinski definition) is 2. The Hall–Kier alpha value is -1.54. The van der Waals surface area contributed by atoms with Crippen molar-refractivity contribution in [3.05, 3.63) is 23.3 Å². The van der Waals surface area contributed by atoms with E-state index >= 15 is 0 Å². The van der Waals surface area contributed by atoms with Crippen molar-refractivity contribution in [1.29, 1.82) is 5.41 Å². The lowest BCUT2D eigenvalue weighted by Crippen LogP contribution is -2.14. The number of nitrogens with two attached hydrogens (primary N) is 1. The van der Waals surface area contributed by atoms with E-state index in [2.05, 4.69) is 19.3 Å². The Labute approximate surface area is 113 Å². The molecule has 0 saturated heterocycles. The molecule has 2 heterocycles. The molecule has 0 aliphatic rings. The predicted octanol–water partition coefficient (Wildman–Crippen LogP) is 1.63. The van der Waals surface area contributed by atoms with Crippen LogP contribution < -0.4 is 5.73 Å². The Balaban J connectivity index is 2.25. The van der Waals surface area contributed by atoms with Crippen molar-refractivity contribution >= 4 is 29.1 Å². The first-order valence-electron chi connectivity index (χ1n) is 5.29. The number of amidine groups is 1. The zero-order valence-corrected chi connectivity index (χ0v) is 11.6. The van der Waals surface area contributed by atoms with E-state index in [1.165, 1.54) is 23.3 Å². The van der Waals surface area contributed by atoms with Crippen molar-refractivity contribution in [2.75, 3.05) is 0 Å². The van der Waals surface area contributed by atoms with Crippen molar-refractivity contribution in [2.45, 2.75) is 29.8 Å². The lowest BCUT2D eigenvalue weighted by Gasteiger charge is -2.02. The number of hydrogen-bond acceptors (Lipinski definition) is 7. The molecule has 0 radical (unpaired) electrons. The molecule has 0 aliphatic carbocycles. The van der Waals surface area contributed by atoms with Gasteiger partial charge in [0.05, 0.1) is 0 Å². The van der Waals surface area contributed by atoms with Gasteiger partial charge < -0.3 is 5.73 Å². The predicted molar refractivity (Wildman–Crippen MR) is 71.2 cm³/mol. The molecule has 0 bridgehead atoms. The molecule has 0 saturated carbocycles. The minimum Gasteiger partial charge on any atom is -0.382 e. The highest BCUT2D eigenvalue weighted by Gasteiger charge is 2.09. The van der Waals surface area contributed by atoms with Gasteiger partial charge in [-0.1, -0.05) is 6.92 Å². The quantitative estimate of drug-likeness (QED) is 0.501. The van der Waals surface area contributed by atoms with Crippen LogP contribution in [0.4, 0.5) is 0 Å². The van der Waals surface area contributed by atoms with Gasteiger partial charge in [-0.25, -0.2) is 15.0 Å². The highest BCUT2D eigenvalue weighted by molar-refractivity contribution is 8.00. The Kier molecular flexibility index (Phi) is 3.87. The number of nitrogen functional groups attached to an aromatic ring is 1.